The first-order valence-corrected chi connectivity index (χ1v) is 8.94. The van der Waals surface area contributed by atoms with Gasteiger partial charge in [0.05, 0.1) is 27.1 Å². The van der Waals surface area contributed by atoms with Crippen LogP contribution < -0.4 is 5.32 Å². The quantitative estimate of drug-likeness (QED) is 0.603. The maximum atomic E-state index is 13.2. The number of rotatable bonds is 4. The number of halogens is 3. The Balaban J connectivity index is 1.68. The van der Waals surface area contributed by atoms with Crippen molar-refractivity contribution in [1.82, 2.24) is 9.78 Å². The number of carbonyl (C=O) groups excluding carboxylic acids is 1. The van der Waals surface area contributed by atoms with E-state index in [-0.39, 0.29) is 11.7 Å². The molecule has 1 amide bonds. The second-order valence-electron chi connectivity index (χ2n) is 4.74. The van der Waals surface area contributed by atoms with E-state index in [0.29, 0.717) is 17.1 Å². The van der Waals surface area contributed by atoms with E-state index < -0.39 is 0 Å². The van der Waals surface area contributed by atoms with Crippen molar-refractivity contribution in [2.45, 2.75) is 6.54 Å². The number of hydrogen-bond donors (Lipinski definition) is 1. The summed E-state index contributed by atoms with van der Waals surface area (Å²) in [5.41, 5.74) is 1.39. The average Bonchev–Trinajstić information content (AvgIpc) is 3.06. The predicted octanol–water partition coefficient (Wildman–Crippen LogP) is 4.91. The molecule has 0 unspecified atom stereocenters. The normalized spacial score (nSPS) is 10.7. The summed E-state index contributed by atoms with van der Waals surface area (Å²) in [4.78, 5) is 12.7. The number of nitrogens with one attached hydrogen (secondary N) is 1. The van der Waals surface area contributed by atoms with Crippen molar-refractivity contribution in [1.29, 1.82) is 0 Å². The minimum Gasteiger partial charge on any atom is -0.319 e. The minimum atomic E-state index is -0.281. The van der Waals surface area contributed by atoms with Crippen LogP contribution in [0, 0.1) is 5.82 Å². The molecule has 0 radical (unpaired) electrons. The summed E-state index contributed by atoms with van der Waals surface area (Å²) in [6, 6.07) is 8.09. The predicted molar refractivity (Wildman–Crippen MR) is 95.4 cm³/mol. The van der Waals surface area contributed by atoms with E-state index in [9.17, 15) is 9.18 Å². The molecule has 118 valence electrons. The summed E-state index contributed by atoms with van der Waals surface area (Å²) in [6.07, 6.45) is 3.27. The Labute approximate surface area is 152 Å². The molecule has 0 saturated heterocycles. The van der Waals surface area contributed by atoms with Gasteiger partial charge in [0.2, 0.25) is 0 Å². The molecule has 1 N–H and O–H groups in total. The Morgan fingerprint density at radius 2 is 2.17 bits per heavy atom. The highest BCUT2D eigenvalue weighted by Gasteiger charge is 2.13. The Hall–Kier alpha value is -1.51. The molecule has 4 nitrogen and oxygen atoms in total. The van der Waals surface area contributed by atoms with Gasteiger partial charge in [-0.3, -0.25) is 9.48 Å². The van der Waals surface area contributed by atoms with Crippen LogP contribution in [0.25, 0.3) is 0 Å². The number of carbonyl (C=O) groups is 1. The summed E-state index contributed by atoms with van der Waals surface area (Å²) < 4.78 is 16.5. The summed E-state index contributed by atoms with van der Waals surface area (Å²) in [5, 5.41) is 6.96. The molecule has 2 heterocycles. The Morgan fingerprint density at radius 1 is 1.35 bits per heavy atom. The first-order valence-electron chi connectivity index (χ1n) is 6.54. The number of amides is 1. The number of aromatic nitrogens is 2. The number of nitrogens with zero attached hydrogens (tertiary/aromatic N) is 2. The lowest BCUT2D eigenvalue weighted by molar-refractivity contribution is 0.103. The molecule has 0 spiro atoms. The zero-order valence-electron chi connectivity index (χ0n) is 11.6. The lowest BCUT2D eigenvalue weighted by Gasteiger charge is -2.02. The van der Waals surface area contributed by atoms with Gasteiger partial charge in [-0.15, -0.1) is 11.3 Å². The van der Waals surface area contributed by atoms with Crippen LogP contribution >= 0.6 is 43.2 Å². The zero-order valence-corrected chi connectivity index (χ0v) is 15.6. The van der Waals surface area contributed by atoms with E-state index in [2.05, 4.69) is 42.3 Å². The third-order valence-electron chi connectivity index (χ3n) is 2.99. The van der Waals surface area contributed by atoms with Gasteiger partial charge in [0, 0.05) is 10.7 Å². The van der Waals surface area contributed by atoms with E-state index in [0.717, 1.165) is 13.8 Å². The zero-order chi connectivity index (χ0) is 16.4. The average molecular weight is 459 g/mol. The minimum absolute atomic E-state index is 0.202. The second-order valence-corrected chi connectivity index (χ2v) is 7.97. The molecule has 0 aliphatic rings. The van der Waals surface area contributed by atoms with Crippen LogP contribution in [0.2, 0.25) is 0 Å². The summed E-state index contributed by atoms with van der Waals surface area (Å²) in [7, 11) is 0. The van der Waals surface area contributed by atoms with Crippen molar-refractivity contribution in [3.63, 3.8) is 0 Å². The molecule has 0 saturated carbocycles. The van der Waals surface area contributed by atoms with Gasteiger partial charge in [0.1, 0.15) is 5.82 Å². The molecule has 1 aromatic carbocycles. The van der Waals surface area contributed by atoms with Crippen molar-refractivity contribution in [2.75, 3.05) is 5.32 Å². The van der Waals surface area contributed by atoms with E-state index in [1.165, 1.54) is 23.5 Å². The first kappa shape index (κ1) is 16.4. The van der Waals surface area contributed by atoms with Gasteiger partial charge < -0.3 is 5.32 Å². The van der Waals surface area contributed by atoms with E-state index in [4.69, 9.17) is 0 Å². The van der Waals surface area contributed by atoms with Crippen LogP contribution in [0.15, 0.2) is 51.0 Å². The lowest BCUT2D eigenvalue weighted by Crippen LogP contribution is -2.09. The van der Waals surface area contributed by atoms with Gasteiger partial charge in [-0.05, 0) is 55.6 Å². The maximum Gasteiger partial charge on any atom is 0.265 e. The number of anilines is 1. The molecular weight excluding hydrogens is 449 g/mol. The molecule has 0 bridgehead atoms. The fourth-order valence-corrected chi connectivity index (χ4v) is 3.92. The van der Waals surface area contributed by atoms with Gasteiger partial charge in [0.15, 0.2) is 0 Å². The van der Waals surface area contributed by atoms with Crippen LogP contribution in [0.4, 0.5) is 10.1 Å². The van der Waals surface area contributed by atoms with Crippen LogP contribution in [0.3, 0.4) is 0 Å². The summed E-state index contributed by atoms with van der Waals surface area (Å²) in [5.74, 6) is -0.483. The molecule has 0 aliphatic heterocycles. The van der Waals surface area contributed by atoms with Crippen LogP contribution in [0.5, 0.6) is 0 Å². The van der Waals surface area contributed by atoms with Gasteiger partial charge >= 0.3 is 0 Å². The van der Waals surface area contributed by atoms with Crippen LogP contribution in [-0.2, 0) is 6.54 Å². The molecule has 0 aliphatic carbocycles. The number of benzene rings is 1. The highest BCUT2D eigenvalue weighted by Crippen LogP contribution is 2.32. The molecule has 0 atom stereocenters. The molecule has 2 aromatic heterocycles. The third-order valence-corrected chi connectivity index (χ3v) is 6.25. The summed E-state index contributed by atoms with van der Waals surface area (Å²) in [6.45, 7) is 0.434. The standard InChI is InChI=1S/C15H10Br2FN3OS/c16-12-5-13(23-14(12)17)15(22)20-11-6-19-21(8-11)7-9-2-1-3-10(18)4-9/h1-6,8H,7H2,(H,20,22). The van der Waals surface area contributed by atoms with Crippen molar-refractivity contribution in [3.8, 4) is 0 Å². The monoisotopic (exact) mass is 457 g/mol. The van der Waals surface area contributed by atoms with Crippen LogP contribution in [-0.4, -0.2) is 15.7 Å². The largest absolute Gasteiger partial charge is 0.319 e. The van der Waals surface area contributed by atoms with E-state index in [1.807, 2.05) is 6.07 Å². The van der Waals surface area contributed by atoms with Gasteiger partial charge in [-0.1, -0.05) is 12.1 Å². The van der Waals surface area contributed by atoms with E-state index >= 15 is 0 Å². The molecule has 3 rings (SSSR count). The molecule has 3 aromatic rings. The summed E-state index contributed by atoms with van der Waals surface area (Å²) >= 11 is 8.06. The van der Waals surface area contributed by atoms with Crippen molar-refractivity contribution in [3.05, 3.63) is 67.2 Å². The Kier molecular flexibility index (Phi) is 4.93. The van der Waals surface area contributed by atoms with Crippen molar-refractivity contribution < 1.29 is 9.18 Å². The number of thiophene rings is 1. The maximum absolute atomic E-state index is 13.2. The topological polar surface area (TPSA) is 46.9 Å². The highest BCUT2D eigenvalue weighted by atomic mass is 79.9. The molecular formula is C15H10Br2FN3OS. The number of hydrogen-bond acceptors (Lipinski definition) is 3. The van der Waals surface area contributed by atoms with Crippen molar-refractivity contribution in [2.24, 2.45) is 0 Å². The Morgan fingerprint density at radius 3 is 2.87 bits per heavy atom. The van der Waals surface area contributed by atoms with Gasteiger partial charge in [-0.2, -0.15) is 5.10 Å². The molecule has 8 heteroatoms. The van der Waals surface area contributed by atoms with Gasteiger partial charge in [-0.25, -0.2) is 4.39 Å². The van der Waals surface area contributed by atoms with Crippen molar-refractivity contribution >= 4 is 54.8 Å². The Bertz CT molecular complexity index is 843. The second kappa shape index (κ2) is 6.94. The fraction of sp³-hybridized carbons (Fsp3) is 0.0667. The highest BCUT2D eigenvalue weighted by molar-refractivity contribution is 9.13. The lowest BCUT2D eigenvalue weighted by atomic mass is 10.2. The van der Waals surface area contributed by atoms with Crippen LogP contribution in [0.1, 0.15) is 15.2 Å². The SMILES string of the molecule is O=C(Nc1cnn(Cc2cccc(F)c2)c1)c1cc(Br)c(Br)s1. The molecule has 23 heavy (non-hydrogen) atoms. The first-order chi connectivity index (χ1) is 11.0. The molecule has 0 fully saturated rings. The van der Waals surface area contributed by atoms with Gasteiger partial charge in [0.25, 0.3) is 5.91 Å². The third kappa shape index (κ3) is 4.07. The smallest absolute Gasteiger partial charge is 0.265 e. The van der Waals surface area contributed by atoms with E-state index in [1.54, 1.807) is 29.2 Å². The fourth-order valence-electron chi connectivity index (χ4n) is 1.99.